The second kappa shape index (κ2) is 6.74. The summed E-state index contributed by atoms with van der Waals surface area (Å²) in [6.45, 7) is 10.4. The lowest BCUT2D eigenvalue weighted by atomic mass is 9.94. The zero-order chi connectivity index (χ0) is 14.6. The zero-order valence-electron chi connectivity index (χ0n) is 13.2. The first-order valence-corrected chi connectivity index (χ1v) is 7.58. The minimum absolute atomic E-state index is 0.00166. The molecule has 1 saturated heterocycles. The van der Waals surface area contributed by atoms with Gasteiger partial charge in [0.05, 0.1) is 18.4 Å². The number of hydrogen-bond acceptors (Lipinski definition) is 4. The Hall–Kier alpha value is -0.840. The van der Waals surface area contributed by atoms with Gasteiger partial charge in [-0.05, 0) is 32.4 Å². The van der Waals surface area contributed by atoms with E-state index in [2.05, 4.69) is 37.1 Å². The smallest absolute Gasteiger partial charge is 0.122 e. The largest absolute Gasteiger partial charge is 0.468 e. The van der Waals surface area contributed by atoms with Crippen molar-refractivity contribution < 1.29 is 9.15 Å². The number of rotatable bonds is 6. The summed E-state index contributed by atoms with van der Waals surface area (Å²) in [6, 6.07) is 2.57. The van der Waals surface area contributed by atoms with Crippen LogP contribution in [0.5, 0.6) is 0 Å². The summed E-state index contributed by atoms with van der Waals surface area (Å²) < 4.78 is 11.3. The lowest BCUT2D eigenvalue weighted by Gasteiger charge is -2.39. The van der Waals surface area contributed by atoms with Gasteiger partial charge in [-0.2, -0.15) is 0 Å². The third-order valence-corrected chi connectivity index (χ3v) is 4.13. The molecule has 0 radical (unpaired) electrons. The molecule has 1 aromatic rings. The Morgan fingerprint density at radius 1 is 1.50 bits per heavy atom. The van der Waals surface area contributed by atoms with Crippen LogP contribution in [0.15, 0.2) is 16.7 Å². The van der Waals surface area contributed by atoms with E-state index in [9.17, 15) is 0 Å². The van der Waals surface area contributed by atoms with Crippen molar-refractivity contribution in [2.45, 2.75) is 58.3 Å². The molecule has 1 unspecified atom stereocenters. The number of methoxy groups -OCH3 is 1. The Bertz CT molecular complexity index is 416. The van der Waals surface area contributed by atoms with Crippen molar-refractivity contribution in [3.05, 3.63) is 23.7 Å². The van der Waals surface area contributed by atoms with Gasteiger partial charge in [0.25, 0.3) is 0 Å². The summed E-state index contributed by atoms with van der Waals surface area (Å²) in [5, 5.41) is 3.42. The Labute approximate surface area is 122 Å². The fourth-order valence-corrected chi connectivity index (χ4v) is 2.81. The predicted octanol–water partition coefficient (Wildman–Crippen LogP) is 2.78. The van der Waals surface area contributed by atoms with Gasteiger partial charge in [-0.15, -0.1) is 0 Å². The Kier molecular flexibility index (Phi) is 5.24. The van der Waals surface area contributed by atoms with Crippen LogP contribution in [-0.4, -0.2) is 36.7 Å². The molecule has 1 aliphatic rings. The van der Waals surface area contributed by atoms with Gasteiger partial charge in [-0.3, -0.25) is 4.90 Å². The molecule has 0 aromatic carbocycles. The van der Waals surface area contributed by atoms with Gasteiger partial charge >= 0.3 is 0 Å². The molecule has 1 aromatic heterocycles. The Balaban J connectivity index is 1.94. The highest BCUT2D eigenvalue weighted by atomic mass is 16.5. The summed E-state index contributed by atoms with van der Waals surface area (Å²) in [7, 11) is 1.82. The molecule has 1 fully saturated rings. The van der Waals surface area contributed by atoms with Crippen LogP contribution in [0.25, 0.3) is 0 Å². The Morgan fingerprint density at radius 2 is 2.30 bits per heavy atom. The summed E-state index contributed by atoms with van der Waals surface area (Å²) in [4.78, 5) is 2.47. The third-order valence-electron chi connectivity index (χ3n) is 4.13. The number of nitrogens with zero attached hydrogens (tertiary/aromatic N) is 1. The van der Waals surface area contributed by atoms with Crippen LogP contribution in [0.2, 0.25) is 0 Å². The second-order valence-corrected chi connectivity index (χ2v) is 6.37. The van der Waals surface area contributed by atoms with Gasteiger partial charge in [-0.1, -0.05) is 13.8 Å². The second-order valence-electron chi connectivity index (χ2n) is 6.37. The normalized spacial score (nSPS) is 24.4. The first kappa shape index (κ1) is 15.5. The van der Waals surface area contributed by atoms with Crippen molar-refractivity contribution in [2.24, 2.45) is 0 Å². The van der Waals surface area contributed by atoms with E-state index >= 15 is 0 Å². The Morgan fingerprint density at radius 3 is 3.00 bits per heavy atom. The maximum absolute atomic E-state index is 5.66. The average Bonchev–Trinajstić information content (AvgIpc) is 2.84. The van der Waals surface area contributed by atoms with E-state index in [0.29, 0.717) is 6.04 Å². The number of likely N-dealkylation sites (tertiary alicyclic amines) is 1. The van der Waals surface area contributed by atoms with Crippen molar-refractivity contribution in [1.82, 2.24) is 10.2 Å². The highest BCUT2D eigenvalue weighted by Gasteiger charge is 2.31. The van der Waals surface area contributed by atoms with Crippen LogP contribution in [0.1, 0.15) is 44.9 Å². The molecule has 0 amide bonds. The molecular weight excluding hydrogens is 252 g/mol. The molecule has 0 aliphatic carbocycles. The monoisotopic (exact) mass is 280 g/mol. The van der Waals surface area contributed by atoms with Crippen molar-refractivity contribution in [2.75, 3.05) is 20.2 Å². The van der Waals surface area contributed by atoms with Gasteiger partial charge < -0.3 is 14.5 Å². The third kappa shape index (κ3) is 4.08. The highest BCUT2D eigenvalue weighted by Crippen LogP contribution is 2.25. The molecule has 4 heteroatoms. The maximum atomic E-state index is 5.66. The number of hydrogen-bond donors (Lipinski definition) is 1. The van der Waals surface area contributed by atoms with E-state index in [1.165, 1.54) is 12.0 Å². The molecule has 114 valence electrons. The van der Waals surface area contributed by atoms with Crippen molar-refractivity contribution >= 4 is 0 Å². The fourth-order valence-electron chi connectivity index (χ4n) is 2.81. The average molecular weight is 280 g/mol. The number of ether oxygens (including phenoxy) is 1. The van der Waals surface area contributed by atoms with Gasteiger partial charge in [0.15, 0.2) is 0 Å². The van der Waals surface area contributed by atoms with Crippen molar-refractivity contribution in [3.8, 4) is 0 Å². The molecule has 0 spiro atoms. The highest BCUT2D eigenvalue weighted by molar-refractivity contribution is 5.17. The molecule has 20 heavy (non-hydrogen) atoms. The first-order chi connectivity index (χ1) is 9.52. The maximum Gasteiger partial charge on any atom is 0.122 e. The molecule has 1 atom stereocenters. The van der Waals surface area contributed by atoms with E-state index < -0.39 is 0 Å². The summed E-state index contributed by atoms with van der Waals surface area (Å²) in [5.41, 5.74) is 1.29. The summed E-state index contributed by atoms with van der Waals surface area (Å²) >= 11 is 0. The van der Waals surface area contributed by atoms with E-state index in [0.717, 1.165) is 38.4 Å². The lowest BCUT2D eigenvalue weighted by Crippen LogP contribution is -2.46. The quantitative estimate of drug-likeness (QED) is 0.869. The standard InChI is InChI=1S/C16H28N2O2/c1-13(2)17-10-15-14(6-9-20-15)11-18-8-5-7-16(3,12-18)19-4/h6,9,13,17H,5,7-8,10-12H2,1-4H3. The van der Waals surface area contributed by atoms with Gasteiger partial charge in [-0.25, -0.2) is 0 Å². The summed E-state index contributed by atoms with van der Waals surface area (Å²) in [6.07, 6.45) is 4.14. The van der Waals surface area contributed by atoms with Crippen LogP contribution < -0.4 is 5.32 Å². The molecule has 0 bridgehead atoms. The molecule has 2 rings (SSSR count). The fraction of sp³-hybridized carbons (Fsp3) is 0.750. The number of furan rings is 1. The molecule has 4 nitrogen and oxygen atoms in total. The molecular formula is C16H28N2O2. The molecule has 2 heterocycles. The van der Waals surface area contributed by atoms with Crippen LogP contribution in [-0.2, 0) is 17.8 Å². The van der Waals surface area contributed by atoms with E-state index in [-0.39, 0.29) is 5.60 Å². The summed E-state index contributed by atoms with van der Waals surface area (Å²) in [5.74, 6) is 1.06. The SMILES string of the molecule is COC1(C)CCCN(Cc2ccoc2CNC(C)C)C1. The molecule has 0 saturated carbocycles. The molecule has 1 aliphatic heterocycles. The minimum Gasteiger partial charge on any atom is -0.468 e. The van der Waals surface area contributed by atoms with Crippen molar-refractivity contribution in [1.29, 1.82) is 0 Å². The van der Waals surface area contributed by atoms with Crippen LogP contribution in [0.4, 0.5) is 0 Å². The van der Waals surface area contributed by atoms with Crippen LogP contribution in [0.3, 0.4) is 0 Å². The first-order valence-electron chi connectivity index (χ1n) is 7.58. The van der Waals surface area contributed by atoms with E-state index in [4.69, 9.17) is 9.15 Å². The van der Waals surface area contributed by atoms with Crippen LogP contribution >= 0.6 is 0 Å². The van der Waals surface area contributed by atoms with E-state index in [1.54, 1.807) is 6.26 Å². The van der Waals surface area contributed by atoms with Gasteiger partial charge in [0.2, 0.25) is 0 Å². The number of piperidine rings is 1. The molecule has 1 N–H and O–H groups in total. The van der Waals surface area contributed by atoms with Gasteiger partial charge in [0, 0.05) is 31.8 Å². The zero-order valence-corrected chi connectivity index (χ0v) is 13.2. The van der Waals surface area contributed by atoms with E-state index in [1.807, 2.05) is 7.11 Å². The lowest BCUT2D eigenvalue weighted by molar-refractivity contribution is -0.0528. The predicted molar refractivity (Wildman–Crippen MR) is 80.6 cm³/mol. The van der Waals surface area contributed by atoms with Crippen molar-refractivity contribution in [3.63, 3.8) is 0 Å². The minimum atomic E-state index is -0.00166. The van der Waals surface area contributed by atoms with Crippen LogP contribution in [0, 0.1) is 0 Å². The van der Waals surface area contributed by atoms with Gasteiger partial charge in [0.1, 0.15) is 5.76 Å². The number of nitrogens with one attached hydrogen (secondary N) is 1. The topological polar surface area (TPSA) is 37.6 Å².